The minimum absolute atomic E-state index is 0.104. The van der Waals surface area contributed by atoms with Crippen molar-refractivity contribution in [3.63, 3.8) is 0 Å². The topological polar surface area (TPSA) is 42.2 Å². The minimum Gasteiger partial charge on any atom is -0.507 e. The molecule has 3 nitrogen and oxygen atoms in total. The van der Waals surface area contributed by atoms with Crippen LogP contribution in [-0.4, -0.2) is 9.67 Å². The van der Waals surface area contributed by atoms with Gasteiger partial charge >= 0.3 is 0 Å². The molecule has 0 radical (unpaired) electrons. The van der Waals surface area contributed by atoms with Crippen molar-refractivity contribution >= 4 is 0 Å². The Bertz CT molecular complexity index is 1040. The third-order valence-corrected chi connectivity index (χ3v) is 5.61. The fourth-order valence-electron chi connectivity index (χ4n) is 4.04. The van der Waals surface area contributed by atoms with E-state index in [0.29, 0.717) is 5.56 Å². The molecule has 1 N–H and O–H groups in total. The summed E-state index contributed by atoms with van der Waals surface area (Å²) in [6.45, 7) is 6.49. The highest BCUT2D eigenvalue weighted by Gasteiger charge is 2.32. The molecule has 1 aliphatic carbocycles. The molecule has 27 heavy (non-hydrogen) atoms. The summed E-state index contributed by atoms with van der Waals surface area (Å²) in [4.78, 5) is 13.6. The first kappa shape index (κ1) is 17.6. The summed E-state index contributed by atoms with van der Waals surface area (Å²) in [7, 11) is 0. The molecule has 0 saturated carbocycles. The predicted octanol–water partition coefficient (Wildman–Crippen LogP) is 5.03. The summed E-state index contributed by atoms with van der Waals surface area (Å²) in [6, 6.07) is 17.5. The molecular formula is C24H25NO2. The molecule has 0 saturated heterocycles. The second kappa shape index (κ2) is 6.41. The van der Waals surface area contributed by atoms with Gasteiger partial charge in [0.1, 0.15) is 5.75 Å². The monoisotopic (exact) mass is 359 g/mol. The number of nitrogens with zero attached hydrogens (tertiary/aromatic N) is 1. The number of pyridine rings is 1. The number of aromatic hydroxyl groups is 1. The smallest absolute Gasteiger partial charge is 0.266 e. The third kappa shape index (κ3) is 3.08. The number of fused-ring (bicyclic) bond motifs is 1. The summed E-state index contributed by atoms with van der Waals surface area (Å²) in [5.41, 5.74) is 4.97. The predicted molar refractivity (Wildman–Crippen MR) is 110 cm³/mol. The maximum absolute atomic E-state index is 13.6. The molecule has 1 heterocycles. The van der Waals surface area contributed by atoms with Crippen molar-refractivity contribution in [2.75, 3.05) is 0 Å². The van der Waals surface area contributed by atoms with E-state index < -0.39 is 0 Å². The highest BCUT2D eigenvalue weighted by Crippen LogP contribution is 2.41. The normalized spacial score (nSPS) is 15.4. The van der Waals surface area contributed by atoms with Crippen molar-refractivity contribution < 1.29 is 5.11 Å². The van der Waals surface area contributed by atoms with Gasteiger partial charge < -0.3 is 5.11 Å². The average molecular weight is 359 g/mol. The van der Waals surface area contributed by atoms with Crippen LogP contribution in [0.1, 0.15) is 37.1 Å². The maximum atomic E-state index is 13.6. The Hall–Kier alpha value is -2.81. The van der Waals surface area contributed by atoms with Crippen LogP contribution in [0.25, 0.3) is 16.8 Å². The molecule has 0 fully saturated rings. The fourth-order valence-corrected chi connectivity index (χ4v) is 4.04. The van der Waals surface area contributed by atoms with Crippen LogP contribution in [0, 0.1) is 12.3 Å². The molecule has 3 heteroatoms. The van der Waals surface area contributed by atoms with Crippen LogP contribution in [0.4, 0.5) is 0 Å². The molecule has 4 rings (SSSR count). The quantitative estimate of drug-likeness (QED) is 0.697. The van der Waals surface area contributed by atoms with Crippen molar-refractivity contribution in [3.8, 4) is 22.6 Å². The first-order valence-electron chi connectivity index (χ1n) is 9.49. The van der Waals surface area contributed by atoms with Gasteiger partial charge in [0.25, 0.3) is 5.56 Å². The van der Waals surface area contributed by atoms with Crippen LogP contribution in [0.15, 0.2) is 59.4 Å². The van der Waals surface area contributed by atoms with E-state index >= 15 is 0 Å². The molecule has 0 amide bonds. The summed E-state index contributed by atoms with van der Waals surface area (Å²) in [5, 5.41) is 11.0. The van der Waals surface area contributed by atoms with Crippen LogP contribution in [0.3, 0.4) is 0 Å². The van der Waals surface area contributed by atoms with E-state index in [1.807, 2.05) is 66.1 Å². The molecule has 1 aliphatic rings. The van der Waals surface area contributed by atoms with Crippen LogP contribution in [0.5, 0.6) is 5.75 Å². The Morgan fingerprint density at radius 2 is 1.67 bits per heavy atom. The number of aromatic nitrogens is 1. The molecule has 3 aromatic rings. The van der Waals surface area contributed by atoms with Gasteiger partial charge in [0, 0.05) is 16.9 Å². The van der Waals surface area contributed by atoms with Gasteiger partial charge in [0.15, 0.2) is 0 Å². The Morgan fingerprint density at radius 3 is 2.33 bits per heavy atom. The lowest BCUT2D eigenvalue weighted by atomic mass is 9.75. The number of hydrogen-bond donors (Lipinski definition) is 1. The number of benzene rings is 2. The highest BCUT2D eigenvalue weighted by atomic mass is 16.3. The van der Waals surface area contributed by atoms with E-state index in [1.54, 1.807) is 0 Å². The van der Waals surface area contributed by atoms with Gasteiger partial charge in [0.2, 0.25) is 0 Å². The first-order valence-corrected chi connectivity index (χ1v) is 9.49. The van der Waals surface area contributed by atoms with Crippen LogP contribution < -0.4 is 5.56 Å². The van der Waals surface area contributed by atoms with Crippen molar-refractivity contribution in [1.29, 1.82) is 0 Å². The van der Waals surface area contributed by atoms with Crippen LogP contribution in [-0.2, 0) is 12.8 Å². The van der Waals surface area contributed by atoms with Crippen LogP contribution >= 0.6 is 0 Å². The van der Waals surface area contributed by atoms with E-state index in [1.165, 1.54) is 0 Å². The van der Waals surface area contributed by atoms with Crippen molar-refractivity contribution in [2.45, 2.75) is 40.0 Å². The third-order valence-electron chi connectivity index (χ3n) is 5.61. The zero-order valence-electron chi connectivity index (χ0n) is 16.1. The van der Waals surface area contributed by atoms with E-state index in [4.69, 9.17) is 0 Å². The zero-order valence-corrected chi connectivity index (χ0v) is 16.1. The number of hydrogen-bond acceptors (Lipinski definition) is 2. The summed E-state index contributed by atoms with van der Waals surface area (Å²) >= 11 is 0. The Morgan fingerprint density at radius 1 is 1.00 bits per heavy atom. The molecule has 138 valence electrons. The summed E-state index contributed by atoms with van der Waals surface area (Å²) in [5.74, 6) is 0.153. The molecule has 0 bridgehead atoms. The second-order valence-electron chi connectivity index (χ2n) is 8.33. The lowest BCUT2D eigenvalue weighted by molar-refractivity contribution is 0.302. The molecule has 0 spiro atoms. The molecular weight excluding hydrogens is 334 g/mol. The van der Waals surface area contributed by atoms with E-state index in [9.17, 15) is 9.90 Å². The lowest BCUT2D eigenvalue weighted by Crippen LogP contribution is -2.32. The van der Waals surface area contributed by atoms with Crippen molar-refractivity contribution in [3.05, 3.63) is 81.8 Å². The van der Waals surface area contributed by atoms with Gasteiger partial charge in [-0.1, -0.05) is 61.9 Å². The average Bonchev–Trinajstić information content (AvgIpc) is 2.63. The zero-order chi connectivity index (χ0) is 19.2. The molecule has 0 atom stereocenters. The lowest BCUT2D eigenvalue weighted by Gasteiger charge is -2.34. The summed E-state index contributed by atoms with van der Waals surface area (Å²) < 4.78 is 1.82. The van der Waals surface area contributed by atoms with Gasteiger partial charge in [-0.15, -0.1) is 0 Å². The van der Waals surface area contributed by atoms with Gasteiger partial charge in [-0.2, -0.15) is 0 Å². The van der Waals surface area contributed by atoms with Crippen molar-refractivity contribution in [2.24, 2.45) is 5.41 Å². The van der Waals surface area contributed by atoms with Crippen molar-refractivity contribution in [1.82, 2.24) is 4.57 Å². The minimum atomic E-state index is -0.154. The molecule has 0 unspecified atom stereocenters. The van der Waals surface area contributed by atoms with Gasteiger partial charge in [-0.25, -0.2) is 0 Å². The van der Waals surface area contributed by atoms with Gasteiger partial charge in [-0.05, 0) is 49.3 Å². The largest absolute Gasteiger partial charge is 0.507 e. The SMILES string of the molecule is Cc1ccc(-n2c3c(c(O)c(-c4ccccc4)c2=O)CCC(C)(C)C3)cc1. The van der Waals surface area contributed by atoms with E-state index in [2.05, 4.69) is 13.8 Å². The fraction of sp³-hybridized carbons (Fsp3) is 0.292. The Balaban J connectivity index is 2.07. The number of aryl methyl sites for hydroxylation is 1. The Kier molecular flexibility index (Phi) is 4.18. The standard InChI is InChI=1S/C24H25NO2/c1-16-9-11-18(12-10-16)25-20-15-24(2,3)14-13-19(20)22(26)21(23(25)27)17-7-5-4-6-8-17/h4-12,26H,13-15H2,1-3H3. The first-order chi connectivity index (χ1) is 12.9. The molecule has 1 aromatic heterocycles. The highest BCUT2D eigenvalue weighted by molar-refractivity contribution is 5.72. The van der Waals surface area contributed by atoms with E-state index in [0.717, 1.165) is 47.3 Å². The molecule has 2 aromatic carbocycles. The maximum Gasteiger partial charge on any atom is 0.266 e. The second-order valence-corrected chi connectivity index (χ2v) is 8.33. The Labute approximate surface area is 159 Å². The van der Waals surface area contributed by atoms with E-state index in [-0.39, 0.29) is 16.7 Å². The summed E-state index contributed by atoms with van der Waals surface area (Å²) in [6.07, 6.45) is 2.54. The van der Waals surface area contributed by atoms with Gasteiger partial charge in [0.05, 0.1) is 5.56 Å². The number of rotatable bonds is 2. The molecule has 0 aliphatic heterocycles. The van der Waals surface area contributed by atoms with Gasteiger partial charge in [-0.3, -0.25) is 9.36 Å². The van der Waals surface area contributed by atoms with Crippen LogP contribution in [0.2, 0.25) is 0 Å².